The van der Waals surface area contributed by atoms with Gasteiger partial charge in [0, 0.05) is 12.8 Å². The van der Waals surface area contributed by atoms with Gasteiger partial charge in [-0.25, -0.2) is 0 Å². The molecule has 1 aliphatic heterocycles. The Morgan fingerprint density at radius 2 is 2.25 bits per heavy atom. The predicted molar refractivity (Wildman–Crippen MR) is 77.2 cm³/mol. The smallest absolute Gasteiger partial charge is 0.220 e. The van der Waals surface area contributed by atoms with Crippen LogP contribution in [-0.2, 0) is 11.2 Å². The second-order valence-electron chi connectivity index (χ2n) is 5.93. The average Bonchev–Trinajstić information content (AvgIpc) is 2.76. The fraction of sp³-hybridized carbons (Fsp3) is 0.562. The van der Waals surface area contributed by atoms with Crippen LogP contribution in [-0.4, -0.2) is 30.2 Å². The minimum absolute atomic E-state index is 0.0550. The van der Waals surface area contributed by atoms with Gasteiger partial charge in [-0.1, -0.05) is 24.3 Å². The normalized spacial score (nSPS) is 28.9. The van der Waals surface area contributed by atoms with Crippen molar-refractivity contribution in [1.29, 1.82) is 0 Å². The van der Waals surface area contributed by atoms with E-state index in [0.717, 1.165) is 37.1 Å². The lowest BCUT2D eigenvalue weighted by atomic mass is 9.95. The number of carbonyl (C=O) groups is 1. The molecule has 1 aromatic carbocycles. The molecule has 0 saturated carbocycles. The van der Waals surface area contributed by atoms with Crippen molar-refractivity contribution in [2.45, 2.75) is 37.8 Å². The highest BCUT2D eigenvalue weighted by Crippen LogP contribution is 2.31. The van der Waals surface area contributed by atoms with Crippen LogP contribution in [0.15, 0.2) is 24.3 Å². The summed E-state index contributed by atoms with van der Waals surface area (Å²) in [4.78, 5) is 12.2. The Bertz CT molecular complexity index is 483. The fourth-order valence-electron chi connectivity index (χ4n) is 3.34. The highest BCUT2D eigenvalue weighted by Gasteiger charge is 2.32. The number of amides is 1. The fourth-order valence-corrected chi connectivity index (χ4v) is 3.34. The topological polar surface area (TPSA) is 61.4 Å². The molecule has 3 rings (SSSR count). The molecule has 1 saturated heterocycles. The van der Waals surface area contributed by atoms with E-state index >= 15 is 0 Å². The van der Waals surface area contributed by atoms with Crippen molar-refractivity contribution < 1.29 is 9.90 Å². The molecule has 1 aliphatic carbocycles. The van der Waals surface area contributed by atoms with E-state index in [1.54, 1.807) is 0 Å². The zero-order valence-electron chi connectivity index (χ0n) is 11.6. The number of benzene rings is 1. The first-order valence-electron chi connectivity index (χ1n) is 7.50. The Hall–Kier alpha value is -1.39. The summed E-state index contributed by atoms with van der Waals surface area (Å²) in [5, 5.41) is 16.5. The molecule has 1 heterocycles. The van der Waals surface area contributed by atoms with Gasteiger partial charge in [0.15, 0.2) is 0 Å². The van der Waals surface area contributed by atoms with Gasteiger partial charge in [0.1, 0.15) is 0 Å². The number of aliphatic hydroxyl groups is 1. The summed E-state index contributed by atoms with van der Waals surface area (Å²) >= 11 is 0. The van der Waals surface area contributed by atoms with Crippen molar-refractivity contribution in [3.05, 3.63) is 35.4 Å². The number of nitrogens with one attached hydrogen (secondary N) is 2. The zero-order chi connectivity index (χ0) is 13.9. The summed E-state index contributed by atoms with van der Waals surface area (Å²) in [6.45, 7) is 1.99. The first kappa shape index (κ1) is 13.6. The number of rotatable bonds is 3. The van der Waals surface area contributed by atoms with Crippen LogP contribution in [0, 0.1) is 5.92 Å². The Labute approximate surface area is 119 Å². The maximum Gasteiger partial charge on any atom is 0.220 e. The Morgan fingerprint density at radius 3 is 3.05 bits per heavy atom. The third kappa shape index (κ3) is 2.86. The van der Waals surface area contributed by atoms with Gasteiger partial charge in [-0.2, -0.15) is 0 Å². The van der Waals surface area contributed by atoms with Crippen molar-refractivity contribution in [3.8, 4) is 0 Å². The molecule has 108 valence electrons. The molecule has 0 aromatic heterocycles. The summed E-state index contributed by atoms with van der Waals surface area (Å²) < 4.78 is 0. The van der Waals surface area contributed by atoms with Crippen LogP contribution >= 0.6 is 0 Å². The van der Waals surface area contributed by atoms with E-state index in [1.165, 1.54) is 0 Å². The van der Waals surface area contributed by atoms with Crippen molar-refractivity contribution in [2.75, 3.05) is 13.1 Å². The maximum absolute atomic E-state index is 12.2. The molecule has 1 amide bonds. The lowest BCUT2D eigenvalue weighted by molar-refractivity contribution is -0.123. The van der Waals surface area contributed by atoms with E-state index in [4.69, 9.17) is 0 Å². The molecule has 1 fully saturated rings. The number of fused-ring (bicyclic) bond motifs is 1. The average molecular weight is 274 g/mol. The molecule has 0 radical (unpaired) electrons. The molecule has 0 spiro atoms. The number of hydrogen-bond donors (Lipinski definition) is 3. The quantitative estimate of drug-likeness (QED) is 0.775. The maximum atomic E-state index is 12.2. The third-order valence-electron chi connectivity index (χ3n) is 4.39. The van der Waals surface area contributed by atoms with Crippen LogP contribution in [0.5, 0.6) is 0 Å². The van der Waals surface area contributed by atoms with Gasteiger partial charge in [0.05, 0.1) is 12.1 Å². The van der Waals surface area contributed by atoms with Gasteiger partial charge in [-0.15, -0.1) is 0 Å². The van der Waals surface area contributed by atoms with Gasteiger partial charge in [0.25, 0.3) is 0 Å². The largest absolute Gasteiger partial charge is 0.390 e. The molecule has 2 aliphatic rings. The second-order valence-corrected chi connectivity index (χ2v) is 5.93. The van der Waals surface area contributed by atoms with Gasteiger partial charge in [-0.05, 0) is 43.0 Å². The van der Waals surface area contributed by atoms with Crippen molar-refractivity contribution in [1.82, 2.24) is 10.6 Å². The molecular formula is C16H22N2O2. The third-order valence-corrected chi connectivity index (χ3v) is 4.39. The molecule has 3 atom stereocenters. The molecule has 3 N–H and O–H groups in total. The lowest BCUT2D eigenvalue weighted by Crippen LogP contribution is -2.37. The molecule has 4 heteroatoms. The summed E-state index contributed by atoms with van der Waals surface area (Å²) in [7, 11) is 0. The number of piperidine rings is 1. The predicted octanol–water partition coefficient (Wildman–Crippen LogP) is 1.15. The number of carbonyl (C=O) groups excluding carboxylic acids is 1. The van der Waals surface area contributed by atoms with Crippen LogP contribution in [0.2, 0.25) is 0 Å². The van der Waals surface area contributed by atoms with Gasteiger partial charge >= 0.3 is 0 Å². The monoisotopic (exact) mass is 274 g/mol. The van der Waals surface area contributed by atoms with Crippen molar-refractivity contribution in [2.24, 2.45) is 5.92 Å². The number of aliphatic hydroxyl groups excluding tert-OH is 1. The van der Waals surface area contributed by atoms with Gasteiger partial charge in [-0.3, -0.25) is 4.79 Å². The Balaban J connectivity index is 1.61. The summed E-state index contributed by atoms with van der Waals surface area (Å²) in [6, 6.07) is 7.72. The van der Waals surface area contributed by atoms with Crippen LogP contribution in [0.3, 0.4) is 0 Å². The van der Waals surface area contributed by atoms with E-state index in [2.05, 4.69) is 10.6 Å². The van der Waals surface area contributed by atoms with Gasteiger partial charge < -0.3 is 15.7 Å². The Morgan fingerprint density at radius 1 is 1.40 bits per heavy atom. The highest BCUT2D eigenvalue weighted by molar-refractivity contribution is 5.77. The SMILES string of the molecule is O=C(CC1CCCNC1)N[C@H]1c2ccccc2C[C@H]1O. The highest BCUT2D eigenvalue weighted by atomic mass is 16.3. The molecule has 1 aromatic rings. The van der Waals surface area contributed by atoms with Crippen molar-refractivity contribution >= 4 is 5.91 Å². The molecule has 20 heavy (non-hydrogen) atoms. The summed E-state index contributed by atoms with van der Waals surface area (Å²) in [5.74, 6) is 0.483. The zero-order valence-corrected chi connectivity index (χ0v) is 11.6. The summed E-state index contributed by atoms with van der Waals surface area (Å²) in [5.41, 5.74) is 2.21. The van der Waals surface area contributed by atoms with E-state index in [-0.39, 0.29) is 11.9 Å². The standard InChI is InChI=1S/C16H22N2O2/c19-14-9-12-5-1-2-6-13(12)16(14)18-15(20)8-11-4-3-7-17-10-11/h1-2,5-6,11,14,16-17,19H,3-4,7-10H2,(H,18,20)/t11?,14-,16+/m1/s1. The Kier molecular flexibility index (Phi) is 4.03. The molecule has 4 nitrogen and oxygen atoms in total. The van der Waals surface area contributed by atoms with E-state index in [1.807, 2.05) is 24.3 Å². The lowest BCUT2D eigenvalue weighted by Gasteiger charge is -2.24. The minimum Gasteiger partial charge on any atom is -0.390 e. The van der Waals surface area contributed by atoms with E-state index in [0.29, 0.717) is 18.8 Å². The van der Waals surface area contributed by atoms with Crippen molar-refractivity contribution in [3.63, 3.8) is 0 Å². The molecule has 0 bridgehead atoms. The summed E-state index contributed by atoms with van der Waals surface area (Å²) in [6.07, 6.45) is 2.95. The number of hydrogen-bond acceptors (Lipinski definition) is 3. The molecular weight excluding hydrogens is 252 g/mol. The van der Waals surface area contributed by atoms with Crippen LogP contribution in [0.4, 0.5) is 0 Å². The van der Waals surface area contributed by atoms with Crippen LogP contribution < -0.4 is 10.6 Å². The van der Waals surface area contributed by atoms with Gasteiger partial charge in [0.2, 0.25) is 5.91 Å². The first-order valence-corrected chi connectivity index (χ1v) is 7.50. The van der Waals surface area contributed by atoms with Crippen LogP contribution in [0.1, 0.15) is 36.4 Å². The minimum atomic E-state index is -0.499. The second kappa shape index (κ2) is 5.94. The van der Waals surface area contributed by atoms with E-state index in [9.17, 15) is 9.90 Å². The first-order chi connectivity index (χ1) is 9.74. The van der Waals surface area contributed by atoms with E-state index < -0.39 is 6.10 Å². The van der Waals surface area contributed by atoms with Crippen LogP contribution in [0.25, 0.3) is 0 Å². The molecule has 1 unspecified atom stereocenters.